The molecular weight excluding hydrogens is 240 g/mol. The zero-order valence-corrected chi connectivity index (χ0v) is 11.8. The van der Waals surface area contributed by atoms with Crippen molar-refractivity contribution in [2.75, 3.05) is 17.7 Å². The van der Waals surface area contributed by atoms with Crippen LogP contribution in [0.1, 0.15) is 33.1 Å². The lowest BCUT2D eigenvalue weighted by Crippen LogP contribution is -2.20. The fourth-order valence-corrected chi connectivity index (χ4v) is 2.34. The van der Waals surface area contributed by atoms with Crippen LogP contribution in [0.2, 0.25) is 0 Å². The van der Waals surface area contributed by atoms with Gasteiger partial charge in [-0.1, -0.05) is 6.92 Å². The van der Waals surface area contributed by atoms with Crippen LogP contribution in [-0.2, 0) is 4.79 Å². The normalized spacial score (nSPS) is 15.7. The molecule has 0 spiro atoms. The fourth-order valence-electron chi connectivity index (χ4n) is 2.34. The Bertz CT molecular complexity index is 455. The number of hydrogen-bond acceptors (Lipinski definition) is 3. The van der Waals surface area contributed by atoms with Gasteiger partial charge >= 0.3 is 0 Å². The topological polar surface area (TPSA) is 50.4 Å². The van der Waals surface area contributed by atoms with Gasteiger partial charge in [0.1, 0.15) is 5.75 Å². The van der Waals surface area contributed by atoms with Crippen molar-refractivity contribution in [2.24, 2.45) is 5.92 Å². The summed E-state index contributed by atoms with van der Waals surface area (Å²) in [6, 6.07) is 6.34. The van der Waals surface area contributed by atoms with Crippen LogP contribution in [0.5, 0.6) is 5.75 Å². The molecule has 0 aliphatic heterocycles. The summed E-state index contributed by atoms with van der Waals surface area (Å²) in [5.74, 6) is 1.40. The summed E-state index contributed by atoms with van der Waals surface area (Å²) >= 11 is 0. The second-order valence-corrected chi connectivity index (χ2v) is 5.09. The van der Waals surface area contributed by atoms with E-state index in [1.54, 1.807) is 7.11 Å². The molecule has 4 nitrogen and oxygen atoms in total. The number of anilines is 2. The zero-order valence-electron chi connectivity index (χ0n) is 11.8. The van der Waals surface area contributed by atoms with Gasteiger partial charge in [0.15, 0.2) is 0 Å². The molecule has 1 fully saturated rings. The Balaban J connectivity index is 2.11. The number of benzene rings is 1. The second kappa shape index (κ2) is 5.95. The van der Waals surface area contributed by atoms with E-state index >= 15 is 0 Å². The molecule has 2 rings (SSSR count). The van der Waals surface area contributed by atoms with Crippen LogP contribution in [0, 0.1) is 5.92 Å². The van der Waals surface area contributed by atoms with Crippen LogP contribution >= 0.6 is 0 Å². The molecular formula is C15H22N2O2. The van der Waals surface area contributed by atoms with E-state index in [-0.39, 0.29) is 5.91 Å². The summed E-state index contributed by atoms with van der Waals surface area (Å²) in [6.45, 7) is 3.70. The number of methoxy groups -OCH3 is 1. The van der Waals surface area contributed by atoms with Gasteiger partial charge in [0.05, 0.1) is 12.8 Å². The largest absolute Gasteiger partial charge is 0.494 e. The minimum Gasteiger partial charge on any atom is -0.494 e. The molecule has 0 radical (unpaired) electrons. The minimum absolute atomic E-state index is 0.0941. The van der Waals surface area contributed by atoms with Crippen LogP contribution in [0.4, 0.5) is 11.4 Å². The third kappa shape index (κ3) is 3.63. The zero-order chi connectivity index (χ0) is 13.8. The molecule has 0 saturated heterocycles. The van der Waals surface area contributed by atoms with E-state index in [0.29, 0.717) is 17.5 Å². The molecule has 0 aromatic heterocycles. The van der Waals surface area contributed by atoms with Crippen LogP contribution in [-0.4, -0.2) is 19.1 Å². The summed E-state index contributed by atoms with van der Waals surface area (Å²) in [4.78, 5) is 11.1. The third-order valence-electron chi connectivity index (χ3n) is 3.50. The molecule has 4 heteroatoms. The van der Waals surface area contributed by atoms with Crippen LogP contribution in [0.15, 0.2) is 18.2 Å². The number of ether oxygens (including phenoxy) is 1. The van der Waals surface area contributed by atoms with Gasteiger partial charge in [-0.15, -0.1) is 0 Å². The molecule has 2 N–H and O–H groups in total. The van der Waals surface area contributed by atoms with Gasteiger partial charge in [0.2, 0.25) is 5.91 Å². The van der Waals surface area contributed by atoms with Crippen molar-refractivity contribution < 1.29 is 9.53 Å². The Hall–Kier alpha value is -1.71. The molecule has 19 heavy (non-hydrogen) atoms. The Kier molecular flexibility index (Phi) is 4.30. The summed E-state index contributed by atoms with van der Waals surface area (Å²) < 4.78 is 5.32. The van der Waals surface area contributed by atoms with Gasteiger partial charge in [-0.25, -0.2) is 0 Å². The van der Waals surface area contributed by atoms with Crippen LogP contribution in [0.3, 0.4) is 0 Å². The maximum atomic E-state index is 11.1. The van der Waals surface area contributed by atoms with Gasteiger partial charge < -0.3 is 15.4 Å². The number of hydrogen-bond donors (Lipinski definition) is 2. The predicted molar refractivity (Wildman–Crippen MR) is 77.7 cm³/mol. The Morgan fingerprint density at radius 2 is 2.21 bits per heavy atom. The average molecular weight is 262 g/mol. The van der Waals surface area contributed by atoms with Gasteiger partial charge in [0.25, 0.3) is 0 Å². The summed E-state index contributed by atoms with van der Waals surface area (Å²) in [6.07, 6.45) is 3.78. The highest BCUT2D eigenvalue weighted by molar-refractivity contribution is 5.90. The Morgan fingerprint density at radius 1 is 1.47 bits per heavy atom. The van der Waals surface area contributed by atoms with E-state index in [9.17, 15) is 4.79 Å². The number of carbonyl (C=O) groups excluding carboxylic acids is 1. The first-order valence-corrected chi connectivity index (χ1v) is 6.86. The van der Waals surface area contributed by atoms with Gasteiger partial charge in [0, 0.05) is 24.7 Å². The standard InChI is InChI=1S/C15H22N2O2/c1-4-13(11-5-6-11)17-12-7-8-14(16-10(2)18)15(9-12)19-3/h7-9,11,13,17H,4-6H2,1-3H3,(H,16,18). The van der Waals surface area contributed by atoms with Crippen LogP contribution < -0.4 is 15.4 Å². The average Bonchev–Trinajstić information content (AvgIpc) is 3.21. The first-order valence-electron chi connectivity index (χ1n) is 6.86. The van der Waals surface area contributed by atoms with Gasteiger partial charge in [-0.05, 0) is 37.3 Å². The summed E-state index contributed by atoms with van der Waals surface area (Å²) in [5.41, 5.74) is 1.75. The van der Waals surface area contributed by atoms with Crippen molar-refractivity contribution in [2.45, 2.75) is 39.2 Å². The maximum absolute atomic E-state index is 11.1. The molecule has 1 unspecified atom stereocenters. The Labute approximate surface area is 114 Å². The third-order valence-corrected chi connectivity index (χ3v) is 3.50. The highest BCUT2D eigenvalue weighted by atomic mass is 16.5. The van der Waals surface area contributed by atoms with Gasteiger partial charge in [-0.3, -0.25) is 4.79 Å². The van der Waals surface area contributed by atoms with E-state index in [4.69, 9.17) is 4.74 Å². The van der Waals surface area contributed by atoms with Crippen molar-refractivity contribution in [3.63, 3.8) is 0 Å². The van der Waals surface area contributed by atoms with Gasteiger partial charge in [-0.2, -0.15) is 0 Å². The lowest BCUT2D eigenvalue weighted by atomic mass is 10.1. The minimum atomic E-state index is -0.0941. The number of carbonyl (C=O) groups is 1. The quantitative estimate of drug-likeness (QED) is 0.827. The smallest absolute Gasteiger partial charge is 0.221 e. The molecule has 0 heterocycles. The predicted octanol–water partition coefficient (Wildman–Crippen LogP) is 3.25. The van der Waals surface area contributed by atoms with Crippen molar-refractivity contribution in [1.82, 2.24) is 0 Å². The summed E-state index contributed by atoms with van der Waals surface area (Å²) in [5, 5.41) is 6.32. The van der Waals surface area contributed by atoms with Crippen LogP contribution in [0.25, 0.3) is 0 Å². The van der Waals surface area contributed by atoms with E-state index in [2.05, 4.69) is 17.6 Å². The SMILES string of the molecule is CCC(Nc1ccc(NC(C)=O)c(OC)c1)C1CC1. The molecule has 1 aliphatic carbocycles. The monoisotopic (exact) mass is 262 g/mol. The summed E-state index contributed by atoms with van der Waals surface area (Å²) in [7, 11) is 1.61. The molecule has 1 aromatic carbocycles. The molecule has 1 saturated carbocycles. The van der Waals surface area contributed by atoms with E-state index in [0.717, 1.165) is 18.0 Å². The molecule has 1 amide bonds. The molecule has 0 bridgehead atoms. The Morgan fingerprint density at radius 3 is 2.74 bits per heavy atom. The number of amides is 1. The molecule has 1 aliphatic rings. The maximum Gasteiger partial charge on any atom is 0.221 e. The highest BCUT2D eigenvalue weighted by Crippen LogP contribution is 2.36. The lowest BCUT2D eigenvalue weighted by Gasteiger charge is -2.19. The van der Waals surface area contributed by atoms with Crippen molar-refractivity contribution in [3.8, 4) is 5.75 Å². The van der Waals surface area contributed by atoms with Crippen molar-refractivity contribution in [1.29, 1.82) is 0 Å². The lowest BCUT2D eigenvalue weighted by molar-refractivity contribution is -0.114. The van der Waals surface area contributed by atoms with Crippen molar-refractivity contribution in [3.05, 3.63) is 18.2 Å². The van der Waals surface area contributed by atoms with Crippen molar-refractivity contribution >= 4 is 17.3 Å². The first-order chi connectivity index (χ1) is 9.13. The number of rotatable bonds is 6. The number of nitrogens with one attached hydrogen (secondary N) is 2. The van der Waals surface area contributed by atoms with E-state index in [1.165, 1.54) is 19.8 Å². The molecule has 1 aromatic rings. The molecule has 104 valence electrons. The van der Waals surface area contributed by atoms with E-state index in [1.807, 2.05) is 18.2 Å². The highest BCUT2D eigenvalue weighted by Gasteiger charge is 2.29. The fraction of sp³-hybridized carbons (Fsp3) is 0.533. The first kappa shape index (κ1) is 13.7. The second-order valence-electron chi connectivity index (χ2n) is 5.09. The van der Waals surface area contributed by atoms with E-state index < -0.39 is 0 Å². The molecule has 1 atom stereocenters.